The first-order valence-corrected chi connectivity index (χ1v) is 10.8. The Morgan fingerprint density at radius 1 is 1.11 bits per heavy atom. The third kappa shape index (κ3) is 4.89. The highest BCUT2D eigenvalue weighted by Crippen LogP contribution is 2.29. The van der Waals surface area contributed by atoms with E-state index in [0.29, 0.717) is 18.0 Å². The normalized spacial score (nSPS) is 11.2. The summed E-state index contributed by atoms with van der Waals surface area (Å²) in [6, 6.07) is 23.0. The zero-order valence-electron chi connectivity index (χ0n) is 19.2. The van der Waals surface area contributed by atoms with Crippen molar-refractivity contribution in [2.24, 2.45) is 0 Å². The molecule has 3 aromatic carbocycles. The number of nitriles is 1. The smallest absolute Gasteiger partial charge is 0.269 e. The topological polar surface area (TPSA) is 110 Å². The summed E-state index contributed by atoms with van der Waals surface area (Å²) in [5.74, 6) is 0.153. The van der Waals surface area contributed by atoms with E-state index in [4.69, 9.17) is 4.74 Å². The molecule has 1 amide bonds. The summed E-state index contributed by atoms with van der Waals surface area (Å²) in [5, 5.41) is 24.3. The molecule has 0 spiro atoms. The lowest BCUT2D eigenvalue weighted by Crippen LogP contribution is -2.13. The Kier molecular flexibility index (Phi) is 6.60. The molecule has 0 atom stereocenters. The second-order valence-corrected chi connectivity index (χ2v) is 7.88. The van der Waals surface area contributed by atoms with Crippen LogP contribution in [-0.2, 0) is 11.3 Å². The van der Waals surface area contributed by atoms with Gasteiger partial charge in [-0.2, -0.15) is 5.26 Å². The SMILES string of the molecule is COc1ccc(NC(=O)/C(C#N)=C\c2c(C)n(Cc3ccc([N+](=O)[O-])cc3)c3ccccc23)cc1. The molecule has 35 heavy (non-hydrogen) atoms. The first-order chi connectivity index (χ1) is 16.9. The Morgan fingerprint density at radius 3 is 2.43 bits per heavy atom. The molecule has 0 saturated carbocycles. The van der Waals surface area contributed by atoms with Crippen LogP contribution in [-0.4, -0.2) is 22.5 Å². The molecule has 0 aliphatic heterocycles. The number of hydrogen-bond donors (Lipinski definition) is 1. The molecule has 0 fully saturated rings. The standard InChI is InChI=1S/C27H22N4O4/c1-18-25(15-20(16-28)27(32)29-21-9-13-23(35-2)14-10-21)24-5-3-4-6-26(24)30(18)17-19-7-11-22(12-8-19)31(33)34/h3-15H,17H2,1-2H3,(H,29,32)/b20-15-. The van der Waals surface area contributed by atoms with Gasteiger partial charge in [0.1, 0.15) is 17.4 Å². The first-order valence-electron chi connectivity index (χ1n) is 10.8. The minimum Gasteiger partial charge on any atom is -0.497 e. The Morgan fingerprint density at radius 2 is 1.80 bits per heavy atom. The van der Waals surface area contributed by atoms with Gasteiger partial charge in [-0.3, -0.25) is 14.9 Å². The van der Waals surface area contributed by atoms with E-state index in [1.807, 2.05) is 37.3 Å². The first kappa shape index (κ1) is 23.3. The van der Waals surface area contributed by atoms with Gasteiger partial charge in [0.2, 0.25) is 0 Å². The van der Waals surface area contributed by atoms with Crippen molar-refractivity contribution in [2.45, 2.75) is 13.5 Å². The van der Waals surface area contributed by atoms with Crippen molar-refractivity contribution in [1.82, 2.24) is 4.57 Å². The van der Waals surface area contributed by atoms with E-state index in [1.165, 1.54) is 12.1 Å². The number of carbonyl (C=O) groups is 1. The highest BCUT2D eigenvalue weighted by atomic mass is 16.6. The van der Waals surface area contributed by atoms with Gasteiger partial charge in [0, 0.05) is 46.5 Å². The Labute approximate surface area is 201 Å². The van der Waals surface area contributed by atoms with E-state index in [0.717, 1.165) is 27.7 Å². The van der Waals surface area contributed by atoms with Gasteiger partial charge in [0.05, 0.1) is 12.0 Å². The number of amides is 1. The molecule has 4 rings (SSSR count). The molecule has 0 aliphatic rings. The number of benzene rings is 3. The molecule has 0 unspecified atom stereocenters. The Balaban J connectivity index is 1.68. The van der Waals surface area contributed by atoms with E-state index < -0.39 is 10.8 Å². The van der Waals surface area contributed by atoms with Gasteiger partial charge in [-0.05, 0) is 48.9 Å². The van der Waals surface area contributed by atoms with Crippen LogP contribution in [0.3, 0.4) is 0 Å². The summed E-state index contributed by atoms with van der Waals surface area (Å²) < 4.78 is 7.20. The third-order valence-corrected chi connectivity index (χ3v) is 5.77. The molecule has 174 valence electrons. The minimum atomic E-state index is -0.510. The lowest BCUT2D eigenvalue weighted by molar-refractivity contribution is -0.384. The van der Waals surface area contributed by atoms with Crippen molar-refractivity contribution in [3.05, 3.63) is 105 Å². The van der Waals surface area contributed by atoms with Gasteiger partial charge in [-0.1, -0.05) is 30.3 Å². The second-order valence-electron chi connectivity index (χ2n) is 7.88. The number of fused-ring (bicyclic) bond motifs is 1. The quantitative estimate of drug-likeness (QED) is 0.168. The van der Waals surface area contributed by atoms with E-state index >= 15 is 0 Å². The monoisotopic (exact) mass is 466 g/mol. The minimum absolute atomic E-state index is 0.0258. The molecular formula is C27H22N4O4. The molecule has 0 saturated heterocycles. The maximum Gasteiger partial charge on any atom is 0.269 e. The number of aromatic nitrogens is 1. The van der Waals surface area contributed by atoms with Crippen LogP contribution in [0, 0.1) is 28.4 Å². The number of hydrogen-bond acceptors (Lipinski definition) is 5. The van der Waals surface area contributed by atoms with Gasteiger partial charge in [-0.15, -0.1) is 0 Å². The van der Waals surface area contributed by atoms with Gasteiger partial charge in [-0.25, -0.2) is 0 Å². The molecule has 8 nitrogen and oxygen atoms in total. The molecule has 8 heteroatoms. The lowest BCUT2D eigenvalue weighted by atomic mass is 10.1. The van der Waals surface area contributed by atoms with Crippen molar-refractivity contribution in [2.75, 3.05) is 12.4 Å². The van der Waals surface area contributed by atoms with Crippen molar-refractivity contribution in [3.63, 3.8) is 0 Å². The maximum atomic E-state index is 12.8. The van der Waals surface area contributed by atoms with Crippen LogP contribution < -0.4 is 10.1 Å². The molecule has 0 radical (unpaired) electrons. The predicted molar refractivity (Wildman–Crippen MR) is 134 cm³/mol. The van der Waals surface area contributed by atoms with Crippen LogP contribution in [0.15, 0.2) is 78.4 Å². The van der Waals surface area contributed by atoms with Crippen LogP contribution in [0.5, 0.6) is 5.75 Å². The average molecular weight is 466 g/mol. The highest BCUT2D eigenvalue weighted by Gasteiger charge is 2.17. The van der Waals surface area contributed by atoms with Crippen LogP contribution in [0.4, 0.5) is 11.4 Å². The molecule has 4 aromatic rings. The van der Waals surface area contributed by atoms with E-state index in [9.17, 15) is 20.2 Å². The van der Waals surface area contributed by atoms with Crippen molar-refractivity contribution < 1.29 is 14.5 Å². The molecule has 1 heterocycles. The number of carbonyl (C=O) groups excluding carboxylic acids is 1. The fourth-order valence-corrected chi connectivity index (χ4v) is 3.92. The largest absolute Gasteiger partial charge is 0.497 e. The number of rotatable bonds is 7. The number of anilines is 1. The van der Waals surface area contributed by atoms with Crippen molar-refractivity contribution in [3.8, 4) is 11.8 Å². The fourth-order valence-electron chi connectivity index (χ4n) is 3.92. The number of nitro benzene ring substituents is 1. The summed E-state index contributed by atoms with van der Waals surface area (Å²) in [6.45, 7) is 2.41. The number of ether oxygens (including phenoxy) is 1. The fraction of sp³-hybridized carbons (Fsp3) is 0.111. The average Bonchev–Trinajstić information content (AvgIpc) is 3.13. The van der Waals surface area contributed by atoms with Crippen LogP contribution in [0.25, 0.3) is 17.0 Å². The van der Waals surface area contributed by atoms with Crippen LogP contribution in [0.1, 0.15) is 16.8 Å². The van der Waals surface area contributed by atoms with E-state index in [2.05, 4.69) is 9.88 Å². The number of nitro groups is 1. The van der Waals surface area contributed by atoms with Crippen molar-refractivity contribution in [1.29, 1.82) is 5.26 Å². The Hall–Kier alpha value is -4.90. The number of para-hydroxylation sites is 1. The molecule has 1 N–H and O–H groups in total. The molecular weight excluding hydrogens is 444 g/mol. The lowest BCUT2D eigenvalue weighted by Gasteiger charge is -2.09. The van der Waals surface area contributed by atoms with Gasteiger partial charge >= 0.3 is 0 Å². The highest BCUT2D eigenvalue weighted by molar-refractivity contribution is 6.11. The summed E-state index contributed by atoms with van der Waals surface area (Å²) in [6.07, 6.45) is 1.60. The summed E-state index contributed by atoms with van der Waals surface area (Å²) >= 11 is 0. The third-order valence-electron chi connectivity index (χ3n) is 5.77. The van der Waals surface area contributed by atoms with Crippen LogP contribution in [0.2, 0.25) is 0 Å². The van der Waals surface area contributed by atoms with Gasteiger partial charge in [0.15, 0.2) is 0 Å². The maximum absolute atomic E-state index is 12.8. The predicted octanol–water partition coefficient (Wildman–Crippen LogP) is 5.46. The van der Waals surface area contributed by atoms with Gasteiger partial charge in [0.25, 0.3) is 11.6 Å². The molecule has 1 aromatic heterocycles. The van der Waals surface area contributed by atoms with E-state index in [-0.39, 0.29) is 11.3 Å². The molecule has 0 aliphatic carbocycles. The number of nitrogens with zero attached hydrogens (tertiary/aromatic N) is 3. The molecule has 0 bridgehead atoms. The Bertz CT molecular complexity index is 1480. The zero-order chi connectivity index (χ0) is 24.9. The summed E-state index contributed by atoms with van der Waals surface area (Å²) in [5.41, 5.74) is 4.03. The summed E-state index contributed by atoms with van der Waals surface area (Å²) in [7, 11) is 1.56. The van der Waals surface area contributed by atoms with Gasteiger partial charge < -0.3 is 14.6 Å². The number of nitrogens with one attached hydrogen (secondary N) is 1. The van der Waals surface area contributed by atoms with Crippen molar-refractivity contribution >= 4 is 34.3 Å². The summed E-state index contributed by atoms with van der Waals surface area (Å²) in [4.78, 5) is 23.4. The second kappa shape index (κ2) is 9.93. The number of methoxy groups -OCH3 is 1. The van der Waals surface area contributed by atoms with Crippen LogP contribution >= 0.6 is 0 Å². The number of non-ortho nitro benzene ring substituents is 1. The zero-order valence-corrected chi connectivity index (χ0v) is 19.2. The van der Waals surface area contributed by atoms with E-state index in [1.54, 1.807) is 49.6 Å².